The highest BCUT2D eigenvalue weighted by atomic mass is 16.5. The summed E-state index contributed by atoms with van der Waals surface area (Å²) < 4.78 is 4.75. The minimum absolute atomic E-state index is 0. The molecule has 2 aromatic rings. The van der Waals surface area contributed by atoms with Crippen molar-refractivity contribution >= 4 is 22.7 Å². The molecule has 0 saturated heterocycles. The average Bonchev–Trinajstić information content (AvgIpc) is 2.83. The van der Waals surface area contributed by atoms with E-state index in [0.717, 1.165) is 16.5 Å². The molecule has 1 heterocycles. The maximum Gasteiger partial charge on any atom is 0.313 e. The van der Waals surface area contributed by atoms with Crippen molar-refractivity contribution in [3.05, 3.63) is 36.0 Å². The van der Waals surface area contributed by atoms with Crippen LogP contribution >= 0.6 is 0 Å². The normalized spacial score (nSPS) is 10.6. The van der Waals surface area contributed by atoms with Crippen molar-refractivity contribution in [1.82, 2.24) is 4.98 Å². The number of carbonyl (C=O) groups excluding carboxylic acids is 2. The number of aromatic nitrogens is 1. The number of ketones is 1. The Morgan fingerprint density at radius 1 is 1.32 bits per heavy atom. The molecule has 0 unspecified atom stereocenters. The molecule has 2 rings (SSSR count). The van der Waals surface area contributed by atoms with Gasteiger partial charge in [-0.1, -0.05) is 12.1 Å². The molecule has 0 fully saturated rings. The summed E-state index contributed by atoms with van der Waals surface area (Å²) in [5.41, 5.74) is 2.16. The van der Waals surface area contributed by atoms with Crippen molar-refractivity contribution in [2.24, 2.45) is 0 Å². The number of aromatic amines is 1. The molecular weight excluding hydrogens is 242 g/mol. The summed E-state index contributed by atoms with van der Waals surface area (Å²) in [5, 5.41) is 1.15. The lowest BCUT2D eigenvalue weighted by atomic mass is 10.0. The molecule has 1 aromatic carbocycles. The van der Waals surface area contributed by atoms with Gasteiger partial charge >= 0.3 is 5.97 Å². The predicted octanol–water partition coefficient (Wildman–Crippen LogP) is 2.87. The average molecular weight is 261 g/mol. The summed E-state index contributed by atoms with van der Waals surface area (Å²) >= 11 is 0. The number of Topliss-reactive ketones (excluding diaryl/α,β-unsaturated/α-hetero) is 1. The monoisotopic (exact) mass is 261 g/mol. The number of rotatable bonds is 6. The lowest BCUT2D eigenvalue weighted by molar-refractivity contribution is -0.145. The van der Waals surface area contributed by atoms with Gasteiger partial charge in [0.2, 0.25) is 0 Å². The van der Waals surface area contributed by atoms with Crippen LogP contribution in [-0.2, 0) is 20.7 Å². The van der Waals surface area contributed by atoms with Gasteiger partial charge in [0.25, 0.3) is 0 Å². The minimum Gasteiger partial charge on any atom is -0.466 e. The maximum atomic E-state index is 11.6. The molecule has 0 aliphatic heterocycles. The standard InChI is InChI=1S/C15H17NO3.H2/c1-2-19-15(18)10-13(17)6-4-11-3-5-12-7-8-16-14(12)9-11;/h3,5,7-9,16H,2,4,6,10H2,1H3;1H. The summed E-state index contributed by atoms with van der Waals surface area (Å²) in [5.74, 6) is -0.516. The highest BCUT2D eigenvalue weighted by Crippen LogP contribution is 2.15. The topological polar surface area (TPSA) is 59.2 Å². The Bertz CT molecular complexity index is 592. The zero-order valence-electron chi connectivity index (χ0n) is 10.9. The number of nitrogens with one attached hydrogen (secondary N) is 1. The van der Waals surface area contributed by atoms with Gasteiger partial charge in [-0.25, -0.2) is 0 Å². The fourth-order valence-corrected chi connectivity index (χ4v) is 2.00. The first-order valence-corrected chi connectivity index (χ1v) is 6.42. The second kappa shape index (κ2) is 6.18. The summed E-state index contributed by atoms with van der Waals surface area (Å²) in [7, 11) is 0. The molecule has 1 N–H and O–H groups in total. The number of hydrogen-bond donors (Lipinski definition) is 1. The molecule has 0 bridgehead atoms. The van der Waals surface area contributed by atoms with Gasteiger partial charge in [-0.05, 0) is 36.4 Å². The Kier molecular flexibility index (Phi) is 4.34. The molecule has 4 nitrogen and oxygen atoms in total. The summed E-state index contributed by atoms with van der Waals surface area (Å²) in [4.78, 5) is 25.9. The van der Waals surface area contributed by atoms with Crippen molar-refractivity contribution < 1.29 is 15.8 Å². The van der Waals surface area contributed by atoms with Crippen LogP contribution in [0.3, 0.4) is 0 Å². The van der Waals surface area contributed by atoms with Crippen LogP contribution in [0.25, 0.3) is 10.9 Å². The maximum absolute atomic E-state index is 11.6. The van der Waals surface area contributed by atoms with Crippen molar-refractivity contribution in [2.45, 2.75) is 26.2 Å². The third-order valence-electron chi connectivity index (χ3n) is 2.96. The smallest absolute Gasteiger partial charge is 0.313 e. The Balaban J connectivity index is 0.00000200. The summed E-state index contributed by atoms with van der Waals surface area (Å²) in [6.07, 6.45) is 2.77. The zero-order valence-corrected chi connectivity index (χ0v) is 10.9. The number of fused-ring (bicyclic) bond motifs is 1. The predicted molar refractivity (Wildman–Crippen MR) is 75.0 cm³/mol. The molecule has 4 heteroatoms. The van der Waals surface area contributed by atoms with E-state index in [4.69, 9.17) is 4.74 Å². The molecule has 0 atom stereocenters. The molecule has 0 radical (unpaired) electrons. The van der Waals surface area contributed by atoms with E-state index < -0.39 is 5.97 Å². The van der Waals surface area contributed by atoms with E-state index in [-0.39, 0.29) is 13.6 Å². The van der Waals surface area contributed by atoms with Gasteiger partial charge in [0.1, 0.15) is 12.2 Å². The van der Waals surface area contributed by atoms with Crippen LogP contribution in [0.1, 0.15) is 26.8 Å². The van der Waals surface area contributed by atoms with E-state index >= 15 is 0 Å². The highest BCUT2D eigenvalue weighted by molar-refractivity contribution is 5.95. The minimum atomic E-state index is -0.438. The van der Waals surface area contributed by atoms with Crippen molar-refractivity contribution in [1.29, 1.82) is 0 Å². The molecule has 1 aromatic heterocycles. The van der Waals surface area contributed by atoms with Crippen LogP contribution in [-0.4, -0.2) is 23.3 Å². The van der Waals surface area contributed by atoms with Crippen molar-refractivity contribution in [3.8, 4) is 0 Å². The molecule has 0 saturated carbocycles. The molecule has 19 heavy (non-hydrogen) atoms. The van der Waals surface area contributed by atoms with Crippen LogP contribution < -0.4 is 0 Å². The van der Waals surface area contributed by atoms with Gasteiger partial charge in [0.15, 0.2) is 0 Å². The van der Waals surface area contributed by atoms with E-state index in [1.165, 1.54) is 0 Å². The molecular formula is C15H19NO3. The van der Waals surface area contributed by atoms with Gasteiger partial charge in [0.05, 0.1) is 6.61 Å². The number of aryl methyl sites for hydroxylation is 1. The van der Waals surface area contributed by atoms with Gasteiger partial charge in [-0.3, -0.25) is 9.59 Å². The lowest BCUT2D eigenvalue weighted by Crippen LogP contribution is -2.11. The van der Waals surface area contributed by atoms with Crippen LogP contribution in [0.4, 0.5) is 0 Å². The third-order valence-corrected chi connectivity index (χ3v) is 2.96. The van der Waals surface area contributed by atoms with Crippen molar-refractivity contribution in [2.75, 3.05) is 6.61 Å². The number of hydrogen-bond acceptors (Lipinski definition) is 3. The van der Waals surface area contributed by atoms with Gasteiger partial charge in [0, 0.05) is 19.6 Å². The number of carbonyl (C=O) groups is 2. The van der Waals surface area contributed by atoms with E-state index in [9.17, 15) is 9.59 Å². The quantitative estimate of drug-likeness (QED) is 0.642. The number of benzene rings is 1. The largest absolute Gasteiger partial charge is 0.466 e. The number of ether oxygens (including phenoxy) is 1. The van der Waals surface area contributed by atoms with E-state index in [1.54, 1.807) is 6.92 Å². The first-order chi connectivity index (χ1) is 9.19. The second-order valence-corrected chi connectivity index (χ2v) is 4.42. The third kappa shape index (κ3) is 3.68. The van der Waals surface area contributed by atoms with E-state index in [2.05, 4.69) is 4.98 Å². The van der Waals surface area contributed by atoms with Gasteiger partial charge in [-0.15, -0.1) is 0 Å². The van der Waals surface area contributed by atoms with Crippen molar-refractivity contribution in [3.63, 3.8) is 0 Å². The zero-order chi connectivity index (χ0) is 13.7. The van der Waals surface area contributed by atoms with E-state index in [1.807, 2.05) is 30.5 Å². The highest BCUT2D eigenvalue weighted by Gasteiger charge is 2.10. The SMILES string of the molecule is CCOC(=O)CC(=O)CCc1ccc2cc[nH]c2c1.[HH]. The van der Waals surface area contributed by atoms with Crippen LogP contribution in [0.15, 0.2) is 30.5 Å². The van der Waals surface area contributed by atoms with Gasteiger partial charge < -0.3 is 9.72 Å². The first-order valence-electron chi connectivity index (χ1n) is 6.42. The van der Waals surface area contributed by atoms with Crippen LogP contribution in [0.2, 0.25) is 0 Å². The second-order valence-electron chi connectivity index (χ2n) is 4.42. The molecule has 0 aliphatic rings. The van der Waals surface area contributed by atoms with Crippen LogP contribution in [0, 0.1) is 0 Å². The van der Waals surface area contributed by atoms with Gasteiger partial charge in [-0.2, -0.15) is 0 Å². The summed E-state index contributed by atoms with van der Waals surface area (Å²) in [6, 6.07) is 8.07. The number of esters is 1. The Morgan fingerprint density at radius 3 is 2.95 bits per heavy atom. The lowest BCUT2D eigenvalue weighted by Gasteiger charge is -2.02. The Hall–Kier alpha value is -2.10. The molecule has 0 amide bonds. The fourth-order valence-electron chi connectivity index (χ4n) is 2.00. The summed E-state index contributed by atoms with van der Waals surface area (Å²) in [6.45, 7) is 2.05. The Morgan fingerprint density at radius 2 is 2.16 bits per heavy atom. The fraction of sp³-hybridized carbons (Fsp3) is 0.333. The van der Waals surface area contributed by atoms with E-state index in [0.29, 0.717) is 19.4 Å². The first kappa shape index (κ1) is 13.3. The Labute approximate surface area is 113 Å². The molecule has 0 spiro atoms. The van der Waals surface area contributed by atoms with Crippen LogP contribution in [0.5, 0.6) is 0 Å². The molecule has 102 valence electrons. The number of H-pyrrole nitrogens is 1. The molecule has 0 aliphatic carbocycles.